The van der Waals surface area contributed by atoms with E-state index in [9.17, 15) is 4.79 Å². The van der Waals surface area contributed by atoms with E-state index in [1.807, 2.05) is 68.5 Å². The fraction of sp³-hybridized carbons (Fsp3) is 0.304. The van der Waals surface area contributed by atoms with Gasteiger partial charge in [-0.15, -0.1) is 0 Å². The van der Waals surface area contributed by atoms with Crippen molar-refractivity contribution in [3.05, 3.63) is 64.6 Å². The molecule has 1 heterocycles. The quantitative estimate of drug-likeness (QED) is 0.594. The maximum Gasteiger partial charge on any atom is 0.266 e. The second kappa shape index (κ2) is 9.11. The first-order valence-electron chi connectivity index (χ1n) is 9.56. The fourth-order valence-corrected chi connectivity index (χ4v) is 3.87. The molecule has 0 saturated carbocycles. The lowest BCUT2D eigenvalue weighted by Crippen LogP contribution is -2.32. The summed E-state index contributed by atoms with van der Waals surface area (Å²) in [5, 5.41) is 0.731. The van der Waals surface area contributed by atoms with Crippen LogP contribution in [0.3, 0.4) is 0 Å². The van der Waals surface area contributed by atoms with Gasteiger partial charge in [-0.2, -0.15) is 0 Å². The summed E-state index contributed by atoms with van der Waals surface area (Å²) in [7, 11) is 0. The first kappa shape index (κ1) is 20.2. The van der Waals surface area contributed by atoms with Crippen LogP contribution >= 0.6 is 11.8 Å². The molecule has 0 N–H and O–H groups in total. The van der Waals surface area contributed by atoms with Crippen LogP contribution in [0.4, 0.5) is 5.69 Å². The van der Waals surface area contributed by atoms with Crippen LogP contribution in [0.1, 0.15) is 31.9 Å². The minimum Gasteiger partial charge on any atom is -0.494 e. The minimum absolute atomic E-state index is 0.00590. The van der Waals surface area contributed by atoms with Crippen molar-refractivity contribution in [3.63, 3.8) is 0 Å². The Bertz CT molecular complexity index is 901. The number of amidine groups is 1. The van der Waals surface area contributed by atoms with Crippen LogP contribution in [0.25, 0.3) is 6.08 Å². The molecule has 0 unspecified atom stereocenters. The number of hydrogen-bond acceptors (Lipinski definition) is 4. The van der Waals surface area contributed by atoms with Gasteiger partial charge in [0.05, 0.1) is 17.2 Å². The molecule has 1 fully saturated rings. The highest BCUT2D eigenvalue weighted by atomic mass is 32.2. The number of nitrogens with zero attached hydrogens (tertiary/aromatic N) is 2. The van der Waals surface area contributed by atoms with E-state index in [0.29, 0.717) is 24.0 Å². The zero-order valence-electron chi connectivity index (χ0n) is 16.8. The Morgan fingerprint density at radius 2 is 1.93 bits per heavy atom. The maximum atomic E-state index is 13.0. The Labute approximate surface area is 171 Å². The molecule has 0 spiro atoms. The number of carbonyl (C=O) groups excluding carboxylic acids is 1. The fourth-order valence-electron chi connectivity index (χ4n) is 2.86. The van der Waals surface area contributed by atoms with Crippen molar-refractivity contribution >= 4 is 34.6 Å². The lowest BCUT2D eigenvalue weighted by molar-refractivity contribution is -0.122. The van der Waals surface area contributed by atoms with Gasteiger partial charge in [-0.05, 0) is 67.4 Å². The van der Waals surface area contributed by atoms with Gasteiger partial charge in [0.15, 0.2) is 5.17 Å². The van der Waals surface area contributed by atoms with E-state index in [2.05, 4.69) is 13.8 Å². The summed E-state index contributed by atoms with van der Waals surface area (Å²) >= 11 is 1.43. The molecule has 2 aromatic rings. The van der Waals surface area contributed by atoms with Crippen LogP contribution in [0.5, 0.6) is 5.75 Å². The van der Waals surface area contributed by atoms with Gasteiger partial charge in [0.2, 0.25) is 0 Å². The topological polar surface area (TPSA) is 41.9 Å². The van der Waals surface area contributed by atoms with E-state index >= 15 is 0 Å². The molecule has 146 valence electrons. The van der Waals surface area contributed by atoms with Crippen molar-refractivity contribution < 1.29 is 9.53 Å². The van der Waals surface area contributed by atoms with Crippen LogP contribution < -0.4 is 4.74 Å². The summed E-state index contributed by atoms with van der Waals surface area (Å²) in [5.74, 6) is 1.17. The van der Waals surface area contributed by atoms with Crippen molar-refractivity contribution in [1.82, 2.24) is 4.90 Å². The van der Waals surface area contributed by atoms with Crippen molar-refractivity contribution in [2.24, 2.45) is 10.9 Å². The molecule has 0 aromatic heterocycles. The van der Waals surface area contributed by atoms with Gasteiger partial charge in [0.1, 0.15) is 5.75 Å². The number of hydrogen-bond donors (Lipinski definition) is 0. The molecule has 1 aliphatic heterocycles. The highest BCUT2D eigenvalue weighted by Crippen LogP contribution is 2.35. The van der Waals surface area contributed by atoms with E-state index in [1.54, 1.807) is 4.90 Å². The van der Waals surface area contributed by atoms with Gasteiger partial charge < -0.3 is 4.74 Å². The van der Waals surface area contributed by atoms with Crippen LogP contribution in [0, 0.1) is 12.8 Å². The van der Waals surface area contributed by atoms with Crippen LogP contribution in [-0.4, -0.2) is 29.1 Å². The molecular weight excluding hydrogens is 368 g/mol. The Morgan fingerprint density at radius 1 is 1.18 bits per heavy atom. The van der Waals surface area contributed by atoms with E-state index in [0.717, 1.165) is 22.2 Å². The summed E-state index contributed by atoms with van der Waals surface area (Å²) in [4.78, 5) is 20.2. The van der Waals surface area contributed by atoms with Gasteiger partial charge in [0.25, 0.3) is 5.91 Å². The Hall–Kier alpha value is -2.53. The summed E-state index contributed by atoms with van der Waals surface area (Å²) in [6.45, 7) is 9.48. The van der Waals surface area contributed by atoms with Crippen LogP contribution in [-0.2, 0) is 4.79 Å². The molecule has 1 saturated heterocycles. The first-order valence-corrected chi connectivity index (χ1v) is 10.4. The van der Waals surface area contributed by atoms with Gasteiger partial charge in [-0.1, -0.05) is 43.7 Å². The number of amides is 1. The highest BCUT2D eigenvalue weighted by Gasteiger charge is 2.33. The van der Waals surface area contributed by atoms with Crippen molar-refractivity contribution in [1.29, 1.82) is 0 Å². The molecule has 3 rings (SSSR count). The number of carbonyl (C=O) groups is 1. The van der Waals surface area contributed by atoms with E-state index in [4.69, 9.17) is 9.73 Å². The number of ether oxygens (including phenoxy) is 1. The second-order valence-electron chi connectivity index (χ2n) is 7.16. The first-order chi connectivity index (χ1) is 13.5. The van der Waals surface area contributed by atoms with E-state index in [-0.39, 0.29) is 5.91 Å². The van der Waals surface area contributed by atoms with Gasteiger partial charge >= 0.3 is 0 Å². The average Bonchev–Trinajstić information content (AvgIpc) is 2.92. The van der Waals surface area contributed by atoms with Gasteiger partial charge in [-0.25, -0.2) is 4.99 Å². The Balaban J connectivity index is 1.92. The molecule has 0 aliphatic carbocycles. The number of aliphatic imine (C=N–C) groups is 1. The second-order valence-corrected chi connectivity index (χ2v) is 8.16. The van der Waals surface area contributed by atoms with Crippen molar-refractivity contribution in [2.75, 3.05) is 13.2 Å². The number of aryl methyl sites for hydroxylation is 1. The summed E-state index contributed by atoms with van der Waals surface area (Å²) in [5.41, 5.74) is 2.99. The number of benzene rings is 2. The summed E-state index contributed by atoms with van der Waals surface area (Å²) in [6, 6.07) is 15.8. The Kier molecular flexibility index (Phi) is 6.57. The molecule has 0 radical (unpaired) electrons. The van der Waals surface area contributed by atoms with E-state index < -0.39 is 0 Å². The number of rotatable bonds is 6. The molecule has 5 heteroatoms. The standard InChI is InChI=1S/C23H26N2O2S/c1-5-27-20-8-6-7-18(13-20)14-21-22(26)25(15-16(2)3)23(28-21)24-19-11-9-17(4)10-12-19/h6-14,16H,5,15H2,1-4H3/b21-14+,24-23?. The lowest BCUT2D eigenvalue weighted by Gasteiger charge is -2.17. The van der Waals surface area contributed by atoms with Crippen LogP contribution in [0.2, 0.25) is 0 Å². The highest BCUT2D eigenvalue weighted by molar-refractivity contribution is 8.18. The molecule has 28 heavy (non-hydrogen) atoms. The van der Waals surface area contributed by atoms with Crippen LogP contribution in [0.15, 0.2) is 58.4 Å². The maximum absolute atomic E-state index is 13.0. The monoisotopic (exact) mass is 394 g/mol. The predicted molar refractivity (Wildman–Crippen MR) is 118 cm³/mol. The molecule has 4 nitrogen and oxygen atoms in total. The molecule has 2 aromatic carbocycles. The molecular formula is C23H26N2O2S. The van der Waals surface area contributed by atoms with Crippen molar-refractivity contribution in [3.8, 4) is 5.75 Å². The third kappa shape index (κ3) is 5.04. The van der Waals surface area contributed by atoms with Gasteiger partial charge in [0, 0.05) is 6.54 Å². The smallest absolute Gasteiger partial charge is 0.266 e. The SMILES string of the molecule is CCOc1cccc(/C=C2/SC(=Nc3ccc(C)cc3)N(CC(C)C)C2=O)c1. The Morgan fingerprint density at radius 3 is 2.61 bits per heavy atom. The van der Waals surface area contributed by atoms with E-state index in [1.165, 1.54) is 17.3 Å². The third-order valence-corrected chi connectivity index (χ3v) is 5.17. The van der Waals surface area contributed by atoms with Crippen molar-refractivity contribution in [2.45, 2.75) is 27.7 Å². The zero-order chi connectivity index (χ0) is 20.1. The zero-order valence-corrected chi connectivity index (χ0v) is 17.6. The molecule has 0 atom stereocenters. The number of thioether (sulfide) groups is 1. The summed E-state index contributed by atoms with van der Waals surface area (Å²) in [6.07, 6.45) is 1.92. The van der Waals surface area contributed by atoms with Gasteiger partial charge in [-0.3, -0.25) is 9.69 Å². The third-order valence-electron chi connectivity index (χ3n) is 4.16. The molecule has 1 aliphatic rings. The lowest BCUT2D eigenvalue weighted by atomic mass is 10.2. The predicted octanol–water partition coefficient (Wildman–Crippen LogP) is 5.65. The minimum atomic E-state index is 0.00590. The normalized spacial score (nSPS) is 17.2. The molecule has 0 bridgehead atoms. The average molecular weight is 395 g/mol. The summed E-state index contributed by atoms with van der Waals surface area (Å²) < 4.78 is 5.57. The molecule has 1 amide bonds. The largest absolute Gasteiger partial charge is 0.494 e.